The van der Waals surface area contributed by atoms with E-state index in [1.807, 2.05) is 0 Å². The number of rotatable bonds is 5. The molecular weight excluding hydrogens is 316 g/mol. The summed E-state index contributed by atoms with van der Waals surface area (Å²) in [5.41, 5.74) is 0.200. The van der Waals surface area contributed by atoms with Gasteiger partial charge in [-0.2, -0.15) is 0 Å². The first-order valence-corrected chi connectivity index (χ1v) is 6.77. The first-order valence-electron chi connectivity index (χ1n) is 5.98. The fraction of sp³-hybridized carbons (Fsp3) is 0.462. The molecule has 1 aromatic carbocycles. The molecule has 1 aromatic rings. The minimum Gasteiger partial charge on any atom is -0.493 e. The number of carbonyl (C=O) groups is 1. The normalized spacial score (nSPS) is 16.6. The first-order chi connectivity index (χ1) is 9.02. The van der Waals surface area contributed by atoms with Gasteiger partial charge in [-0.3, -0.25) is 0 Å². The molecule has 0 saturated heterocycles. The Bertz CT molecular complexity index is 484. The molecule has 0 bridgehead atoms. The Balaban J connectivity index is 2.41. The molecule has 2 rings (SSSR count). The van der Waals surface area contributed by atoms with E-state index in [-0.39, 0.29) is 11.7 Å². The van der Waals surface area contributed by atoms with E-state index in [1.54, 1.807) is 6.07 Å². The van der Waals surface area contributed by atoms with Crippen molar-refractivity contribution in [1.29, 1.82) is 0 Å². The minimum absolute atomic E-state index is 0.0646. The van der Waals surface area contributed by atoms with Gasteiger partial charge in [0, 0.05) is 10.0 Å². The van der Waals surface area contributed by atoms with Gasteiger partial charge in [0.05, 0.1) is 13.2 Å². The third-order valence-corrected chi connectivity index (χ3v) is 3.59. The SMILES string of the molecule is COc1cc(Br)cc(C(O)C(=O)O)c1OC1CCC1. The van der Waals surface area contributed by atoms with Crippen LogP contribution in [0.5, 0.6) is 11.5 Å². The molecule has 0 heterocycles. The Morgan fingerprint density at radius 3 is 2.63 bits per heavy atom. The lowest BCUT2D eigenvalue weighted by atomic mass is 9.96. The number of hydrogen-bond acceptors (Lipinski definition) is 4. The van der Waals surface area contributed by atoms with Gasteiger partial charge in [0.1, 0.15) is 0 Å². The number of aliphatic hydroxyl groups is 1. The van der Waals surface area contributed by atoms with E-state index in [0.29, 0.717) is 16.0 Å². The summed E-state index contributed by atoms with van der Waals surface area (Å²) in [6, 6.07) is 3.22. The average molecular weight is 331 g/mol. The fourth-order valence-corrected chi connectivity index (χ4v) is 2.31. The summed E-state index contributed by atoms with van der Waals surface area (Å²) in [5.74, 6) is -0.597. The van der Waals surface area contributed by atoms with E-state index in [4.69, 9.17) is 14.6 Å². The van der Waals surface area contributed by atoms with Crippen LogP contribution in [-0.4, -0.2) is 29.4 Å². The molecule has 1 aliphatic rings. The van der Waals surface area contributed by atoms with Gasteiger partial charge in [-0.1, -0.05) is 15.9 Å². The van der Waals surface area contributed by atoms with Crippen molar-refractivity contribution < 1.29 is 24.5 Å². The minimum atomic E-state index is -1.64. The Morgan fingerprint density at radius 2 is 2.16 bits per heavy atom. The lowest BCUT2D eigenvalue weighted by molar-refractivity contribution is -0.147. The van der Waals surface area contributed by atoms with Crippen molar-refractivity contribution >= 4 is 21.9 Å². The number of carboxylic acid groups (broad SMARTS) is 1. The quantitative estimate of drug-likeness (QED) is 0.867. The summed E-state index contributed by atoms with van der Waals surface area (Å²) in [7, 11) is 1.48. The van der Waals surface area contributed by atoms with Crippen molar-refractivity contribution in [3.05, 3.63) is 22.2 Å². The molecule has 1 aliphatic carbocycles. The van der Waals surface area contributed by atoms with Crippen molar-refractivity contribution in [3.8, 4) is 11.5 Å². The Kier molecular flexibility index (Phi) is 4.31. The van der Waals surface area contributed by atoms with Crippen molar-refractivity contribution in [2.45, 2.75) is 31.5 Å². The second kappa shape index (κ2) is 5.79. The fourth-order valence-electron chi connectivity index (χ4n) is 1.86. The zero-order valence-electron chi connectivity index (χ0n) is 10.4. The van der Waals surface area contributed by atoms with Gasteiger partial charge in [0.15, 0.2) is 17.6 Å². The average Bonchev–Trinajstić information content (AvgIpc) is 2.32. The number of carboxylic acids is 1. The van der Waals surface area contributed by atoms with E-state index >= 15 is 0 Å². The highest BCUT2D eigenvalue weighted by Gasteiger charge is 2.28. The molecule has 0 radical (unpaired) electrons. The number of benzene rings is 1. The number of halogens is 1. The maximum Gasteiger partial charge on any atom is 0.337 e. The van der Waals surface area contributed by atoms with E-state index in [0.717, 1.165) is 19.3 Å². The van der Waals surface area contributed by atoms with Crippen LogP contribution in [0.4, 0.5) is 0 Å². The topological polar surface area (TPSA) is 76.0 Å². The zero-order chi connectivity index (χ0) is 14.0. The number of hydrogen-bond donors (Lipinski definition) is 2. The second-order valence-electron chi connectivity index (χ2n) is 4.44. The van der Waals surface area contributed by atoms with E-state index < -0.39 is 12.1 Å². The van der Waals surface area contributed by atoms with Crippen LogP contribution in [0.15, 0.2) is 16.6 Å². The standard InChI is InChI=1S/C13H15BrO5/c1-18-10-6-7(14)5-9(11(15)13(16)17)12(10)19-8-3-2-4-8/h5-6,8,11,15H,2-4H2,1H3,(H,16,17). The van der Waals surface area contributed by atoms with Gasteiger partial charge < -0.3 is 19.7 Å². The predicted molar refractivity (Wildman–Crippen MR) is 71.6 cm³/mol. The highest BCUT2D eigenvalue weighted by Crippen LogP contribution is 2.40. The maximum absolute atomic E-state index is 11.0. The molecule has 0 aromatic heterocycles. The van der Waals surface area contributed by atoms with Crippen LogP contribution in [-0.2, 0) is 4.79 Å². The second-order valence-corrected chi connectivity index (χ2v) is 5.35. The van der Waals surface area contributed by atoms with Crippen LogP contribution in [0.2, 0.25) is 0 Å². The summed E-state index contributed by atoms with van der Waals surface area (Å²) < 4.78 is 11.6. The van der Waals surface area contributed by atoms with E-state index in [2.05, 4.69) is 15.9 Å². The molecule has 6 heteroatoms. The van der Waals surface area contributed by atoms with Gasteiger partial charge in [0.2, 0.25) is 0 Å². The van der Waals surface area contributed by atoms with Crippen LogP contribution in [0, 0.1) is 0 Å². The summed E-state index contributed by atoms with van der Waals surface area (Å²) in [5, 5.41) is 18.7. The van der Waals surface area contributed by atoms with Crippen LogP contribution < -0.4 is 9.47 Å². The molecule has 0 spiro atoms. The summed E-state index contributed by atoms with van der Waals surface area (Å²) in [6.45, 7) is 0. The highest BCUT2D eigenvalue weighted by molar-refractivity contribution is 9.10. The van der Waals surface area contributed by atoms with E-state index in [1.165, 1.54) is 13.2 Å². The monoisotopic (exact) mass is 330 g/mol. The molecule has 104 valence electrons. The number of methoxy groups -OCH3 is 1. The molecule has 5 nitrogen and oxygen atoms in total. The molecule has 0 aliphatic heterocycles. The molecule has 1 unspecified atom stereocenters. The third-order valence-electron chi connectivity index (χ3n) is 3.13. The van der Waals surface area contributed by atoms with Gasteiger partial charge >= 0.3 is 5.97 Å². The molecule has 2 N–H and O–H groups in total. The summed E-state index contributed by atoms with van der Waals surface area (Å²) >= 11 is 3.26. The van der Waals surface area contributed by atoms with Gasteiger partial charge in [-0.15, -0.1) is 0 Å². The zero-order valence-corrected chi connectivity index (χ0v) is 12.0. The van der Waals surface area contributed by atoms with Crippen molar-refractivity contribution in [2.75, 3.05) is 7.11 Å². The molecule has 1 fully saturated rings. The lowest BCUT2D eigenvalue weighted by Crippen LogP contribution is -2.26. The molecule has 1 saturated carbocycles. The van der Waals surface area contributed by atoms with Crippen molar-refractivity contribution in [2.24, 2.45) is 0 Å². The third kappa shape index (κ3) is 3.01. The predicted octanol–water partition coefficient (Wildman–Crippen LogP) is 2.51. The largest absolute Gasteiger partial charge is 0.493 e. The van der Waals surface area contributed by atoms with Gasteiger partial charge in [-0.05, 0) is 31.4 Å². The molecule has 19 heavy (non-hydrogen) atoms. The molecular formula is C13H15BrO5. The van der Waals surface area contributed by atoms with Crippen LogP contribution in [0.25, 0.3) is 0 Å². The highest BCUT2D eigenvalue weighted by atomic mass is 79.9. The van der Waals surface area contributed by atoms with Gasteiger partial charge in [-0.25, -0.2) is 4.79 Å². The summed E-state index contributed by atoms with van der Waals surface area (Å²) in [4.78, 5) is 11.0. The van der Waals surface area contributed by atoms with Crippen molar-refractivity contribution in [1.82, 2.24) is 0 Å². The molecule has 1 atom stereocenters. The smallest absolute Gasteiger partial charge is 0.337 e. The van der Waals surface area contributed by atoms with E-state index in [9.17, 15) is 9.90 Å². The first kappa shape index (κ1) is 14.1. The summed E-state index contributed by atoms with van der Waals surface area (Å²) in [6.07, 6.45) is 1.39. The van der Waals surface area contributed by atoms with Crippen LogP contribution in [0.3, 0.4) is 0 Å². The number of ether oxygens (including phenoxy) is 2. The Labute approximate surface area is 119 Å². The number of aliphatic hydroxyl groups excluding tert-OH is 1. The lowest BCUT2D eigenvalue weighted by Gasteiger charge is -2.29. The van der Waals surface area contributed by atoms with Gasteiger partial charge in [0.25, 0.3) is 0 Å². The Hall–Kier alpha value is -1.27. The molecule has 0 amide bonds. The maximum atomic E-state index is 11.0. The Morgan fingerprint density at radius 1 is 1.47 bits per heavy atom. The van der Waals surface area contributed by atoms with Crippen molar-refractivity contribution in [3.63, 3.8) is 0 Å². The number of aliphatic carboxylic acids is 1. The van der Waals surface area contributed by atoms with Crippen LogP contribution in [0.1, 0.15) is 30.9 Å². The van der Waals surface area contributed by atoms with Crippen LogP contribution >= 0.6 is 15.9 Å².